The minimum Gasteiger partial charge on any atom is -0.201 e. The van der Waals surface area contributed by atoms with Crippen molar-refractivity contribution in [3.8, 4) is 33.8 Å². The van der Waals surface area contributed by atoms with Crippen molar-refractivity contribution in [3.63, 3.8) is 0 Å². The SMILES string of the molecule is CC.CC.CC.CC.CC.CC.Cc1cc2c(ccc3c4ccccc4ccc23)cc1-c1cccc[n+]1C.Cc1cc2cc3c(ccc4ccccc43)cc2cc1-c1cccc[n+]1C.Cc1cc2cc3cc4ccccc4cc3cc2cc1-c1cccc[n+]1C. The lowest BCUT2D eigenvalue weighted by Gasteiger charge is -2.11. The third-order valence-electron chi connectivity index (χ3n) is 16.1. The number of aromatic nitrogens is 3. The lowest BCUT2D eigenvalue weighted by atomic mass is 9.93. The second-order valence-corrected chi connectivity index (χ2v) is 21.2. The first-order valence-corrected chi connectivity index (χ1v) is 33.0. The van der Waals surface area contributed by atoms with Gasteiger partial charge in [0.15, 0.2) is 18.6 Å². The van der Waals surface area contributed by atoms with Gasteiger partial charge in [0.25, 0.3) is 0 Å². The predicted molar refractivity (Wildman–Crippen MR) is 399 cm³/mol. The number of benzene rings is 12. The van der Waals surface area contributed by atoms with Gasteiger partial charge in [-0.05, 0) is 213 Å². The van der Waals surface area contributed by atoms with E-state index in [-0.39, 0.29) is 0 Å². The zero-order valence-electron chi connectivity index (χ0n) is 57.1. The van der Waals surface area contributed by atoms with Crippen LogP contribution in [0.2, 0.25) is 0 Å². The lowest BCUT2D eigenvalue weighted by Crippen LogP contribution is -2.30. The van der Waals surface area contributed by atoms with Gasteiger partial charge in [0.1, 0.15) is 21.1 Å². The van der Waals surface area contributed by atoms with Gasteiger partial charge in [-0.25, -0.2) is 13.7 Å². The molecule has 0 saturated carbocycles. The smallest absolute Gasteiger partial charge is 0.201 e. The number of pyridine rings is 3. The van der Waals surface area contributed by atoms with E-state index in [1.807, 2.05) is 83.1 Å². The Balaban J connectivity index is 0.000000177. The fraction of sp³-hybridized carbons (Fsp3) is 0.207. The van der Waals surface area contributed by atoms with Gasteiger partial charge in [-0.1, -0.05) is 204 Å². The molecule has 0 bridgehead atoms. The van der Waals surface area contributed by atoms with E-state index in [0.717, 1.165) is 0 Å². The first-order valence-electron chi connectivity index (χ1n) is 33.0. The molecule has 3 nitrogen and oxygen atoms in total. The quantitative estimate of drug-likeness (QED) is 0.0949. The van der Waals surface area contributed by atoms with Crippen LogP contribution in [0.25, 0.3) is 131 Å². The Hall–Kier alpha value is -9.57. The van der Waals surface area contributed by atoms with E-state index in [4.69, 9.17) is 0 Å². The maximum absolute atomic E-state index is 2.34. The summed E-state index contributed by atoms with van der Waals surface area (Å²) in [6, 6.07) is 86.2. The summed E-state index contributed by atoms with van der Waals surface area (Å²) in [5.74, 6) is 0. The molecule has 12 aromatic carbocycles. The molecule has 0 radical (unpaired) electrons. The number of hydrogen-bond acceptors (Lipinski definition) is 0. The third-order valence-corrected chi connectivity index (χ3v) is 16.1. The highest BCUT2D eigenvalue weighted by molar-refractivity contribution is 6.18. The summed E-state index contributed by atoms with van der Waals surface area (Å²) in [5, 5.41) is 23.5. The molecular formula is C87H96N3+3. The predicted octanol–water partition coefficient (Wildman–Crippen LogP) is 24.0. The summed E-state index contributed by atoms with van der Waals surface area (Å²) >= 11 is 0. The van der Waals surface area contributed by atoms with Crippen LogP contribution in [0.15, 0.2) is 255 Å². The highest BCUT2D eigenvalue weighted by atomic mass is 14.9. The molecule has 3 aromatic heterocycles. The number of fused-ring (bicyclic) bond motifs is 12. The molecule has 15 rings (SSSR count). The molecule has 0 atom stereocenters. The van der Waals surface area contributed by atoms with Crippen LogP contribution in [0.4, 0.5) is 0 Å². The minimum atomic E-state index is 1.24. The van der Waals surface area contributed by atoms with Gasteiger partial charge in [0, 0.05) is 53.1 Å². The minimum absolute atomic E-state index is 1.24. The van der Waals surface area contributed by atoms with Gasteiger partial charge in [0.05, 0.1) is 0 Å². The Kier molecular flexibility index (Phi) is 24.6. The van der Waals surface area contributed by atoms with Crippen molar-refractivity contribution in [1.29, 1.82) is 0 Å². The normalized spacial score (nSPS) is 10.3. The number of aryl methyl sites for hydroxylation is 6. The molecule has 3 heteroatoms. The summed E-state index contributed by atoms with van der Waals surface area (Å²) in [6.07, 6.45) is 6.31. The van der Waals surface area contributed by atoms with E-state index < -0.39 is 0 Å². The molecule has 0 aliphatic carbocycles. The second kappa shape index (κ2) is 32.6. The number of nitrogens with zero attached hydrogens (tertiary/aromatic N) is 3. The van der Waals surface area contributed by atoms with Crippen LogP contribution in [0.3, 0.4) is 0 Å². The fourth-order valence-corrected chi connectivity index (χ4v) is 12.0. The summed E-state index contributed by atoms with van der Waals surface area (Å²) in [7, 11) is 6.31. The van der Waals surface area contributed by atoms with Crippen LogP contribution in [0.1, 0.15) is 99.8 Å². The van der Waals surface area contributed by atoms with Gasteiger partial charge >= 0.3 is 0 Å². The monoisotopic (exact) mass is 1180 g/mol. The Labute approximate surface area is 538 Å². The molecule has 0 saturated heterocycles. The van der Waals surface area contributed by atoms with Gasteiger partial charge in [0.2, 0.25) is 17.1 Å². The highest BCUT2D eigenvalue weighted by Crippen LogP contribution is 2.37. The van der Waals surface area contributed by atoms with Crippen molar-refractivity contribution >= 4 is 97.0 Å². The van der Waals surface area contributed by atoms with Gasteiger partial charge in [-0.2, -0.15) is 0 Å². The number of hydrogen-bond donors (Lipinski definition) is 0. The molecule has 0 unspecified atom stereocenters. The first kappa shape index (κ1) is 67.9. The van der Waals surface area contributed by atoms with Crippen molar-refractivity contribution in [3.05, 3.63) is 272 Å². The fourth-order valence-electron chi connectivity index (χ4n) is 12.0. The summed E-state index contributed by atoms with van der Waals surface area (Å²) in [6.45, 7) is 30.6. The molecule has 15 aromatic rings. The molecule has 0 aliphatic rings. The van der Waals surface area contributed by atoms with Crippen LogP contribution < -0.4 is 13.7 Å². The van der Waals surface area contributed by atoms with E-state index in [1.54, 1.807) is 0 Å². The second-order valence-electron chi connectivity index (χ2n) is 21.2. The molecule has 456 valence electrons. The van der Waals surface area contributed by atoms with Crippen LogP contribution in [-0.2, 0) is 21.1 Å². The molecule has 0 amide bonds. The maximum atomic E-state index is 2.34. The first-order chi connectivity index (χ1) is 44.1. The Morgan fingerprint density at radius 1 is 0.189 bits per heavy atom. The van der Waals surface area contributed by atoms with E-state index >= 15 is 0 Å². The van der Waals surface area contributed by atoms with E-state index in [0.29, 0.717) is 0 Å². The molecular weight excluding hydrogens is 1090 g/mol. The van der Waals surface area contributed by atoms with Gasteiger partial charge in [-0.15, -0.1) is 0 Å². The molecule has 0 spiro atoms. The van der Waals surface area contributed by atoms with Crippen LogP contribution in [0.5, 0.6) is 0 Å². The zero-order chi connectivity index (χ0) is 65.0. The Morgan fingerprint density at radius 3 is 0.900 bits per heavy atom. The van der Waals surface area contributed by atoms with Crippen LogP contribution >= 0.6 is 0 Å². The van der Waals surface area contributed by atoms with Crippen molar-refractivity contribution in [1.82, 2.24) is 0 Å². The van der Waals surface area contributed by atoms with E-state index in [9.17, 15) is 0 Å². The van der Waals surface area contributed by atoms with Crippen molar-refractivity contribution in [2.45, 2.75) is 104 Å². The van der Waals surface area contributed by atoms with Gasteiger partial charge < -0.3 is 0 Å². The summed E-state index contributed by atoms with van der Waals surface area (Å²) < 4.78 is 6.55. The van der Waals surface area contributed by atoms with Gasteiger partial charge in [-0.3, -0.25) is 0 Å². The van der Waals surface area contributed by atoms with Crippen molar-refractivity contribution in [2.24, 2.45) is 21.1 Å². The van der Waals surface area contributed by atoms with Crippen molar-refractivity contribution < 1.29 is 13.7 Å². The summed E-state index contributed by atoms with van der Waals surface area (Å²) in [4.78, 5) is 0. The topological polar surface area (TPSA) is 11.6 Å². The van der Waals surface area contributed by atoms with E-state index in [2.05, 4.69) is 311 Å². The average Bonchev–Trinajstić information content (AvgIpc) is 0.832. The van der Waals surface area contributed by atoms with Crippen LogP contribution in [-0.4, -0.2) is 0 Å². The number of rotatable bonds is 3. The largest absolute Gasteiger partial charge is 0.212 e. The van der Waals surface area contributed by atoms with E-state index in [1.165, 1.54) is 147 Å². The molecule has 90 heavy (non-hydrogen) atoms. The maximum Gasteiger partial charge on any atom is 0.212 e. The zero-order valence-corrected chi connectivity index (χ0v) is 57.1. The lowest BCUT2D eigenvalue weighted by molar-refractivity contribution is -0.660. The van der Waals surface area contributed by atoms with Crippen LogP contribution in [0, 0.1) is 20.8 Å². The summed E-state index contributed by atoms with van der Waals surface area (Å²) in [5.41, 5.74) is 11.5. The van der Waals surface area contributed by atoms with Crippen molar-refractivity contribution in [2.75, 3.05) is 0 Å². The standard InChI is InChI=1S/3C25H20N.6C2H6/c1-17-15-24-19(16-23(17)25-9-5-6-14-26(25)2)11-13-21-20-8-4-3-7-18(20)10-12-22(21)24;1-17-13-20-16-24-19(11-10-18-7-3-4-8-22(18)24)14-21(20)15-23(17)25-9-5-6-12-26(25)2;1-17-11-20-14-21-12-18-7-3-4-8-19(18)13-22(21)15-23(20)16-24(17)25-9-5-6-10-26(25)2;6*1-2/h3*3-16H,1-2H3;6*1-2H3/q3*+1;;;;;;. The Morgan fingerprint density at radius 2 is 0.456 bits per heavy atom. The molecule has 0 N–H and O–H groups in total. The molecule has 3 heterocycles. The average molecular weight is 1180 g/mol. The highest BCUT2D eigenvalue weighted by Gasteiger charge is 2.17. The Bertz CT molecular complexity index is 4690. The molecule has 0 aliphatic heterocycles. The third kappa shape index (κ3) is 14.6. The molecule has 0 fully saturated rings.